The van der Waals surface area contributed by atoms with Crippen molar-refractivity contribution in [3.63, 3.8) is 0 Å². The summed E-state index contributed by atoms with van der Waals surface area (Å²) >= 11 is 0. The second-order valence-electron chi connectivity index (χ2n) is 8.54. The largest absolute Gasteiger partial charge is 0.0735 e. The minimum absolute atomic E-state index is 0.513. The lowest BCUT2D eigenvalue weighted by Gasteiger charge is -2.55. The Balaban J connectivity index is 2.29. The van der Waals surface area contributed by atoms with E-state index in [1.165, 1.54) is 44.9 Å². The van der Waals surface area contributed by atoms with E-state index in [-0.39, 0.29) is 0 Å². The molecule has 0 aromatic heterocycles. The molecule has 2 aliphatic rings. The summed E-state index contributed by atoms with van der Waals surface area (Å²) in [5.74, 6) is 1.75. The van der Waals surface area contributed by atoms with Crippen LogP contribution in [-0.2, 0) is 0 Å². The molecule has 0 aromatic rings. The predicted octanol–water partition coefficient (Wildman–Crippen LogP) is 6.37. The van der Waals surface area contributed by atoms with E-state index >= 15 is 0 Å². The van der Waals surface area contributed by atoms with Crippen LogP contribution in [0.2, 0.25) is 0 Å². The maximum atomic E-state index is 2.59. The van der Waals surface area contributed by atoms with E-state index in [0.717, 1.165) is 11.8 Å². The van der Waals surface area contributed by atoms with E-state index in [1.54, 1.807) is 5.57 Å². The maximum absolute atomic E-state index is 2.59. The molecule has 0 nitrogen and oxygen atoms in total. The summed E-state index contributed by atoms with van der Waals surface area (Å²) in [6.45, 7) is 14.8. The summed E-state index contributed by atoms with van der Waals surface area (Å²) < 4.78 is 0. The smallest absolute Gasteiger partial charge is 0.00804 e. The molecule has 0 amide bonds. The molecule has 0 aromatic carbocycles. The number of hydrogen-bond acceptors (Lipinski definition) is 0. The third kappa shape index (κ3) is 2.78. The minimum atomic E-state index is 0.513. The van der Waals surface area contributed by atoms with Crippen molar-refractivity contribution in [2.24, 2.45) is 22.7 Å². The van der Waals surface area contributed by atoms with Crippen LogP contribution in [0.25, 0.3) is 0 Å². The van der Waals surface area contributed by atoms with Crippen molar-refractivity contribution >= 4 is 0 Å². The van der Waals surface area contributed by atoms with Gasteiger partial charge < -0.3 is 0 Å². The van der Waals surface area contributed by atoms with Crippen LogP contribution in [0.1, 0.15) is 86.5 Å². The van der Waals surface area contributed by atoms with Gasteiger partial charge in [-0.3, -0.25) is 0 Å². The highest BCUT2D eigenvalue weighted by Crippen LogP contribution is 2.60. The molecule has 0 heterocycles. The fourth-order valence-electron chi connectivity index (χ4n) is 5.12. The van der Waals surface area contributed by atoms with Crippen LogP contribution in [0, 0.1) is 22.7 Å². The summed E-state index contributed by atoms with van der Waals surface area (Å²) in [6, 6.07) is 0. The first kappa shape index (κ1) is 15.1. The third-order valence-electron chi connectivity index (χ3n) is 6.21. The van der Waals surface area contributed by atoms with Gasteiger partial charge in [-0.05, 0) is 68.1 Å². The zero-order chi connectivity index (χ0) is 14.3. The van der Waals surface area contributed by atoms with Gasteiger partial charge in [0.15, 0.2) is 0 Å². The van der Waals surface area contributed by atoms with Crippen molar-refractivity contribution in [3.8, 4) is 0 Å². The van der Waals surface area contributed by atoms with Crippen molar-refractivity contribution in [1.82, 2.24) is 0 Å². The first-order chi connectivity index (χ1) is 8.77. The molecule has 0 aliphatic heterocycles. The lowest BCUT2D eigenvalue weighted by Crippen LogP contribution is -2.45. The van der Waals surface area contributed by atoms with Crippen LogP contribution in [0.5, 0.6) is 0 Å². The van der Waals surface area contributed by atoms with Gasteiger partial charge >= 0.3 is 0 Å². The number of rotatable bonds is 3. The Kier molecular flexibility index (Phi) is 4.19. The SMILES string of the molecule is CC1=C(CCC(C)C)[C@]2(C)CCCC(C)(C)[C@H]2CC1. The summed E-state index contributed by atoms with van der Waals surface area (Å²) in [7, 11) is 0. The molecule has 0 bridgehead atoms. The van der Waals surface area contributed by atoms with Crippen LogP contribution in [0.4, 0.5) is 0 Å². The van der Waals surface area contributed by atoms with Gasteiger partial charge in [-0.2, -0.15) is 0 Å². The standard InChI is InChI=1S/C19H34/c1-14(2)8-10-16-15(3)9-11-17-18(4,5)12-7-13-19(16,17)6/h14,17H,7-13H2,1-6H3/t17-,19+/m1/s1. The predicted molar refractivity (Wildman–Crippen MR) is 85.2 cm³/mol. The minimum Gasteiger partial charge on any atom is -0.0735 e. The highest BCUT2D eigenvalue weighted by atomic mass is 14.5. The third-order valence-corrected chi connectivity index (χ3v) is 6.21. The molecule has 0 heteroatoms. The summed E-state index contributed by atoms with van der Waals surface area (Å²) in [5.41, 5.74) is 4.65. The lowest BCUT2D eigenvalue weighted by atomic mass is 9.50. The van der Waals surface area contributed by atoms with Crippen LogP contribution in [0.15, 0.2) is 11.1 Å². The van der Waals surface area contributed by atoms with Crippen molar-refractivity contribution in [1.29, 1.82) is 0 Å². The number of fused-ring (bicyclic) bond motifs is 1. The summed E-state index contributed by atoms with van der Waals surface area (Å²) in [6.07, 6.45) is 9.81. The van der Waals surface area contributed by atoms with Crippen molar-refractivity contribution in [2.45, 2.75) is 86.5 Å². The number of hydrogen-bond donors (Lipinski definition) is 0. The van der Waals surface area contributed by atoms with Gasteiger partial charge in [0.25, 0.3) is 0 Å². The molecule has 0 N–H and O–H groups in total. The van der Waals surface area contributed by atoms with E-state index in [9.17, 15) is 0 Å². The van der Waals surface area contributed by atoms with Crippen LogP contribution in [-0.4, -0.2) is 0 Å². The molecule has 1 fully saturated rings. The summed E-state index contributed by atoms with van der Waals surface area (Å²) in [5, 5.41) is 0. The molecular formula is C19H34. The van der Waals surface area contributed by atoms with Gasteiger partial charge in [0.1, 0.15) is 0 Å². The van der Waals surface area contributed by atoms with Gasteiger partial charge in [0.2, 0.25) is 0 Å². The Bertz CT molecular complexity index is 358. The fraction of sp³-hybridized carbons (Fsp3) is 0.895. The number of allylic oxidation sites excluding steroid dienone is 2. The Hall–Kier alpha value is -0.260. The van der Waals surface area contributed by atoms with Crippen molar-refractivity contribution in [3.05, 3.63) is 11.1 Å². The monoisotopic (exact) mass is 262 g/mol. The highest BCUT2D eigenvalue weighted by Gasteiger charge is 2.49. The molecule has 2 rings (SSSR count). The zero-order valence-corrected chi connectivity index (χ0v) is 14.1. The fourth-order valence-corrected chi connectivity index (χ4v) is 5.12. The Labute approximate surface area is 121 Å². The van der Waals surface area contributed by atoms with Crippen molar-refractivity contribution in [2.75, 3.05) is 0 Å². The van der Waals surface area contributed by atoms with Gasteiger partial charge in [-0.1, -0.05) is 52.2 Å². The van der Waals surface area contributed by atoms with Crippen molar-refractivity contribution < 1.29 is 0 Å². The van der Waals surface area contributed by atoms with Gasteiger partial charge in [-0.25, -0.2) is 0 Å². The Morgan fingerprint density at radius 1 is 1.16 bits per heavy atom. The zero-order valence-electron chi connectivity index (χ0n) is 14.1. The molecule has 110 valence electrons. The van der Waals surface area contributed by atoms with Crippen LogP contribution < -0.4 is 0 Å². The molecule has 2 aliphatic carbocycles. The molecule has 2 atom stereocenters. The first-order valence-corrected chi connectivity index (χ1v) is 8.46. The van der Waals surface area contributed by atoms with Gasteiger partial charge in [0.05, 0.1) is 0 Å². The average Bonchev–Trinajstić information content (AvgIpc) is 2.26. The van der Waals surface area contributed by atoms with Gasteiger partial charge in [0, 0.05) is 0 Å². The normalized spacial score (nSPS) is 34.6. The molecule has 0 saturated heterocycles. The molecular weight excluding hydrogens is 228 g/mol. The summed E-state index contributed by atoms with van der Waals surface area (Å²) in [4.78, 5) is 0. The van der Waals surface area contributed by atoms with Crippen LogP contribution >= 0.6 is 0 Å². The quantitative estimate of drug-likeness (QED) is 0.519. The molecule has 19 heavy (non-hydrogen) atoms. The van der Waals surface area contributed by atoms with E-state index in [4.69, 9.17) is 0 Å². The topological polar surface area (TPSA) is 0 Å². The molecule has 0 radical (unpaired) electrons. The Morgan fingerprint density at radius 2 is 1.84 bits per heavy atom. The second kappa shape index (κ2) is 5.26. The highest BCUT2D eigenvalue weighted by molar-refractivity contribution is 5.27. The van der Waals surface area contributed by atoms with E-state index in [0.29, 0.717) is 10.8 Å². The van der Waals surface area contributed by atoms with Crippen LogP contribution in [0.3, 0.4) is 0 Å². The van der Waals surface area contributed by atoms with E-state index in [2.05, 4.69) is 41.5 Å². The lowest BCUT2D eigenvalue weighted by molar-refractivity contribution is 0.0100. The molecule has 0 unspecified atom stereocenters. The van der Waals surface area contributed by atoms with E-state index < -0.39 is 0 Å². The average molecular weight is 262 g/mol. The Morgan fingerprint density at radius 3 is 2.47 bits per heavy atom. The second-order valence-corrected chi connectivity index (χ2v) is 8.54. The maximum Gasteiger partial charge on any atom is -0.00804 e. The molecule has 0 spiro atoms. The first-order valence-electron chi connectivity index (χ1n) is 8.46. The van der Waals surface area contributed by atoms with Gasteiger partial charge in [-0.15, -0.1) is 0 Å². The van der Waals surface area contributed by atoms with E-state index in [1.807, 2.05) is 5.57 Å². The molecule has 1 saturated carbocycles.